The molecule has 0 aromatic carbocycles. The fourth-order valence-electron chi connectivity index (χ4n) is 2.31. The van der Waals surface area contributed by atoms with Crippen molar-refractivity contribution < 1.29 is 4.79 Å². The number of carbonyl (C=O) groups excluding carboxylic acids is 1. The summed E-state index contributed by atoms with van der Waals surface area (Å²) in [6.07, 6.45) is 2.12. The number of nitrogens with zero attached hydrogens (tertiary/aromatic N) is 1. The van der Waals surface area contributed by atoms with Gasteiger partial charge in [0.05, 0.1) is 12.1 Å². The maximum atomic E-state index is 12.2. The van der Waals surface area contributed by atoms with Gasteiger partial charge in [-0.25, -0.2) is 0 Å². The van der Waals surface area contributed by atoms with Gasteiger partial charge in [-0.05, 0) is 37.8 Å². The lowest BCUT2D eigenvalue weighted by Crippen LogP contribution is -2.24. The molecule has 1 amide bonds. The molecule has 0 unspecified atom stereocenters. The van der Waals surface area contributed by atoms with Crippen molar-refractivity contribution in [3.63, 3.8) is 0 Å². The molecule has 0 spiro atoms. The summed E-state index contributed by atoms with van der Waals surface area (Å²) in [4.78, 5) is 13.5. The molecule has 0 aliphatic heterocycles. The first-order chi connectivity index (χ1) is 9.63. The molecule has 0 fully saturated rings. The number of hydrogen-bond acceptors (Lipinski definition) is 2. The molecule has 0 radical (unpaired) electrons. The lowest BCUT2D eigenvalue weighted by molar-refractivity contribution is 0.0952. The van der Waals surface area contributed by atoms with Gasteiger partial charge >= 0.3 is 0 Å². The summed E-state index contributed by atoms with van der Waals surface area (Å²) < 4.78 is 2.21. The van der Waals surface area contributed by atoms with Crippen molar-refractivity contribution in [2.24, 2.45) is 0 Å². The van der Waals surface area contributed by atoms with Gasteiger partial charge < -0.3 is 9.88 Å². The van der Waals surface area contributed by atoms with Crippen LogP contribution in [0.25, 0.3) is 0 Å². The summed E-state index contributed by atoms with van der Waals surface area (Å²) in [5.41, 5.74) is 2.98. The first-order valence-electron chi connectivity index (χ1n) is 7.10. The van der Waals surface area contributed by atoms with Crippen LogP contribution in [-0.4, -0.2) is 17.0 Å². The largest absolute Gasteiger partial charge is 0.352 e. The first-order valence-corrected chi connectivity index (χ1v) is 7.98. The van der Waals surface area contributed by atoms with E-state index in [0.717, 1.165) is 42.9 Å². The molecule has 2 heterocycles. The normalized spacial score (nSPS) is 10.8. The van der Waals surface area contributed by atoms with Crippen molar-refractivity contribution in [3.05, 3.63) is 45.4 Å². The van der Waals surface area contributed by atoms with Gasteiger partial charge in [0, 0.05) is 22.8 Å². The maximum absolute atomic E-state index is 12.2. The van der Waals surface area contributed by atoms with Crippen LogP contribution >= 0.6 is 11.3 Å². The standard InChI is InChI=1S/C16H22N2OS/c1-4-5-8-17-16(19)15-10-12(2)18(13(15)3)11-14-7-6-9-20-14/h6-7,9-10H,4-5,8,11H2,1-3H3,(H,17,19). The zero-order chi connectivity index (χ0) is 14.5. The summed E-state index contributed by atoms with van der Waals surface area (Å²) in [5, 5.41) is 5.08. The number of aryl methyl sites for hydroxylation is 1. The molecule has 0 bridgehead atoms. The highest BCUT2D eigenvalue weighted by Crippen LogP contribution is 2.19. The lowest BCUT2D eigenvalue weighted by Gasteiger charge is -2.08. The van der Waals surface area contributed by atoms with Gasteiger partial charge in [-0.3, -0.25) is 4.79 Å². The number of rotatable bonds is 6. The minimum Gasteiger partial charge on any atom is -0.352 e. The van der Waals surface area contributed by atoms with Crippen LogP contribution < -0.4 is 5.32 Å². The Morgan fingerprint density at radius 1 is 1.40 bits per heavy atom. The fourth-order valence-corrected chi connectivity index (χ4v) is 3.00. The van der Waals surface area contributed by atoms with Gasteiger partial charge in [-0.1, -0.05) is 19.4 Å². The Hall–Kier alpha value is -1.55. The van der Waals surface area contributed by atoms with Gasteiger partial charge in [-0.2, -0.15) is 0 Å². The van der Waals surface area contributed by atoms with Crippen LogP contribution in [-0.2, 0) is 6.54 Å². The van der Waals surface area contributed by atoms with Crippen LogP contribution in [0.2, 0.25) is 0 Å². The highest BCUT2D eigenvalue weighted by molar-refractivity contribution is 7.09. The molecule has 4 heteroatoms. The van der Waals surface area contributed by atoms with Crippen LogP contribution in [0, 0.1) is 13.8 Å². The van der Waals surface area contributed by atoms with E-state index in [9.17, 15) is 4.79 Å². The van der Waals surface area contributed by atoms with E-state index < -0.39 is 0 Å². The van der Waals surface area contributed by atoms with Crippen LogP contribution in [0.3, 0.4) is 0 Å². The van der Waals surface area contributed by atoms with E-state index in [-0.39, 0.29) is 5.91 Å². The average molecular weight is 290 g/mol. The molecule has 0 saturated carbocycles. The van der Waals surface area contributed by atoms with E-state index in [0.29, 0.717) is 0 Å². The Morgan fingerprint density at radius 3 is 2.85 bits per heavy atom. The second-order valence-corrected chi connectivity index (χ2v) is 6.09. The third kappa shape index (κ3) is 3.31. The van der Waals surface area contributed by atoms with Crippen LogP contribution in [0.4, 0.5) is 0 Å². The van der Waals surface area contributed by atoms with Crippen LogP contribution in [0.15, 0.2) is 23.6 Å². The number of hydrogen-bond donors (Lipinski definition) is 1. The van der Waals surface area contributed by atoms with Crippen molar-refractivity contribution >= 4 is 17.2 Å². The summed E-state index contributed by atoms with van der Waals surface area (Å²) in [5.74, 6) is 0.0454. The Kier molecular flexibility index (Phi) is 5.01. The molecule has 2 aromatic rings. The highest BCUT2D eigenvalue weighted by atomic mass is 32.1. The highest BCUT2D eigenvalue weighted by Gasteiger charge is 2.15. The Bertz CT molecular complexity index is 570. The second-order valence-electron chi connectivity index (χ2n) is 5.06. The smallest absolute Gasteiger partial charge is 0.253 e. The molecule has 0 saturated heterocycles. The topological polar surface area (TPSA) is 34.0 Å². The fraction of sp³-hybridized carbons (Fsp3) is 0.438. The van der Waals surface area contributed by atoms with Gasteiger partial charge in [0.25, 0.3) is 5.91 Å². The van der Waals surface area contributed by atoms with Gasteiger partial charge in [0.2, 0.25) is 0 Å². The number of amides is 1. The Labute approximate surface area is 124 Å². The zero-order valence-electron chi connectivity index (χ0n) is 12.4. The predicted molar refractivity (Wildman–Crippen MR) is 84.6 cm³/mol. The number of unbranched alkanes of at least 4 members (excludes halogenated alkanes) is 1. The van der Waals surface area contributed by atoms with E-state index in [2.05, 4.69) is 41.2 Å². The third-order valence-electron chi connectivity index (χ3n) is 3.53. The average Bonchev–Trinajstić information content (AvgIpc) is 3.02. The summed E-state index contributed by atoms with van der Waals surface area (Å²) in [6.45, 7) is 7.80. The van der Waals surface area contributed by atoms with Gasteiger partial charge in [0.15, 0.2) is 0 Å². The minimum absolute atomic E-state index is 0.0454. The molecule has 20 heavy (non-hydrogen) atoms. The van der Waals surface area contributed by atoms with Crippen LogP contribution in [0.5, 0.6) is 0 Å². The zero-order valence-corrected chi connectivity index (χ0v) is 13.2. The molecular weight excluding hydrogens is 268 g/mol. The molecule has 2 aromatic heterocycles. The number of carbonyl (C=O) groups is 1. The van der Waals surface area contributed by atoms with Crippen molar-refractivity contribution in [1.82, 2.24) is 9.88 Å². The van der Waals surface area contributed by atoms with Crippen molar-refractivity contribution in [3.8, 4) is 0 Å². The molecule has 3 nitrogen and oxygen atoms in total. The Balaban J connectivity index is 2.13. The van der Waals surface area contributed by atoms with E-state index in [1.807, 2.05) is 13.0 Å². The van der Waals surface area contributed by atoms with Crippen LogP contribution in [0.1, 0.15) is 46.4 Å². The number of nitrogens with one attached hydrogen (secondary N) is 1. The summed E-state index contributed by atoms with van der Waals surface area (Å²) in [6, 6.07) is 6.18. The predicted octanol–water partition coefficient (Wildman–Crippen LogP) is 3.74. The van der Waals surface area contributed by atoms with E-state index >= 15 is 0 Å². The number of aromatic nitrogens is 1. The SMILES string of the molecule is CCCCNC(=O)c1cc(C)n(Cc2cccs2)c1C. The first kappa shape index (κ1) is 14.9. The second kappa shape index (κ2) is 6.75. The number of thiophene rings is 1. The quantitative estimate of drug-likeness (QED) is 0.808. The van der Waals surface area contributed by atoms with Crippen molar-refractivity contribution in [2.45, 2.75) is 40.2 Å². The third-order valence-corrected chi connectivity index (χ3v) is 4.39. The van der Waals surface area contributed by atoms with E-state index in [1.165, 1.54) is 4.88 Å². The molecule has 1 N–H and O–H groups in total. The van der Waals surface area contributed by atoms with Crippen molar-refractivity contribution in [1.29, 1.82) is 0 Å². The molecule has 2 rings (SSSR count). The summed E-state index contributed by atoms with van der Waals surface area (Å²) in [7, 11) is 0. The maximum Gasteiger partial charge on any atom is 0.253 e. The van der Waals surface area contributed by atoms with Gasteiger partial charge in [-0.15, -0.1) is 11.3 Å². The lowest BCUT2D eigenvalue weighted by atomic mass is 10.2. The molecule has 0 aliphatic carbocycles. The monoisotopic (exact) mass is 290 g/mol. The minimum atomic E-state index is 0.0454. The van der Waals surface area contributed by atoms with E-state index in [1.54, 1.807) is 11.3 Å². The molecular formula is C16H22N2OS. The molecule has 0 atom stereocenters. The van der Waals surface area contributed by atoms with E-state index in [4.69, 9.17) is 0 Å². The molecule has 0 aliphatic rings. The molecule has 108 valence electrons. The van der Waals surface area contributed by atoms with Gasteiger partial charge in [0.1, 0.15) is 0 Å². The van der Waals surface area contributed by atoms with Crippen molar-refractivity contribution in [2.75, 3.05) is 6.54 Å². The summed E-state index contributed by atoms with van der Waals surface area (Å²) >= 11 is 1.75. The Morgan fingerprint density at radius 2 is 2.20 bits per heavy atom.